The van der Waals surface area contributed by atoms with E-state index in [2.05, 4.69) is 45.7 Å². The Bertz CT molecular complexity index is 1130. The van der Waals surface area contributed by atoms with Gasteiger partial charge in [0, 0.05) is 24.2 Å². The minimum Gasteiger partial charge on any atom is -0.497 e. The molecule has 1 saturated heterocycles. The Morgan fingerprint density at radius 3 is 2.56 bits per heavy atom. The maximum absolute atomic E-state index is 12.7. The van der Waals surface area contributed by atoms with Gasteiger partial charge in [-0.1, -0.05) is 54.1 Å². The van der Waals surface area contributed by atoms with Gasteiger partial charge in [0.2, 0.25) is 0 Å². The number of nitrogens with zero attached hydrogens (tertiary/aromatic N) is 1. The highest BCUT2D eigenvalue weighted by molar-refractivity contribution is 14.1. The first-order chi connectivity index (χ1) is 18.6. The Morgan fingerprint density at radius 2 is 1.97 bits per heavy atom. The Labute approximate surface area is 242 Å². The second kappa shape index (κ2) is 14.3. The number of methoxy groups -OCH3 is 1. The van der Waals surface area contributed by atoms with Gasteiger partial charge >= 0.3 is 6.36 Å². The predicted molar refractivity (Wildman–Crippen MR) is 157 cm³/mol. The molecular formula is C30H36F3IN2O3. The molecule has 212 valence electrons. The monoisotopic (exact) mass is 656 g/mol. The summed E-state index contributed by atoms with van der Waals surface area (Å²) in [7, 11) is 1.57. The van der Waals surface area contributed by atoms with Gasteiger partial charge in [0.25, 0.3) is 0 Å². The van der Waals surface area contributed by atoms with Crippen LogP contribution in [-0.4, -0.2) is 47.4 Å². The van der Waals surface area contributed by atoms with E-state index in [1.807, 2.05) is 16.2 Å². The predicted octanol–water partition coefficient (Wildman–Crippen LogP) is 7.64. The number of ether oxygens (including phenoxy) is 2. The number of hydrogen-bond donors (Lipinski definition) is 2. The van der Waals surface area contributed by atoms with Crippen molar-refractivity contribution in [2.45, 2.75) is 70.1 Å². The van der Waals surface area contributed by atoms with Crippen molar-refractivity contribution in [3.63, 3.8) is 0 Å². The lowest BCUT2D eigenvalue weighted by Crippen LogP contribution is -2.48. The van der Waals surface area contributed by atoms with E-state index in [1.54, 1.807) is 37.5 Å². The number of benzene rings is 1. The molecule has 1 aliphatic carbocycles. The van der Waals surface area contributed by atoms with Crippen molar-refractivity contribution in [3.05, 3.63) is 87.8 Å². The van der Waals surface area contributed by atoms with Gasteiger partial charge in [-0.25, -0.2) is 0 Å². The fraction of sp³-hybridized carbons (Fsp3) is 0.433. The summed E-state index contributed by atoms with van der Waals surface area (Å²) in [6.07, 6.45) is 7.60. The minimum absolute atomic E-state index is 0.136. The smallest absolute Gasteiger partial charge is 0.497 e. The van der Waals surface area contributed by atoms with Gasteiger partial charge in [0.1, 0.15) is 11.5 Å². The number of alkyl halides is 3. The van der Waals surface area contributed by atoms with Gasteiger partial charge in [-0.15, -0.1) is 19.8 Å². The van der Waals surface area contributed by atoms with Gasteiger partial charge in [0.05, 0.1) is 18.9 Å². The molecule has 1 aliphatic heterocycles. The molecule has 9 heteroatoms. The molecule has 0 amide bonds. The second-order valence-corrected chi connectivity index (χ2v) is 10.5. The van der Waals surface area contributed by atoms with Crippen LogP contribution in [0.4, 0.5) is 13.2 Å². The Balaban J connectivity index is 2.03. The number of allylic oxidation sites excluding steroid dienone is 5. The first-order valence-corrected chi connectivity index (χ1v) is 14.3. The summed E-state index contributed by atoms with van der Waals surface area (Å²) in [6, 6.07) is 5.78. The number of nitrogens with one attached hydrogen (secondary N) is 1. The molecule has 0 spiro atoms. The van der Waals surface area contributed by atoms with Crippen LogP contribution in [-0.2, 0) is 11.3 Å². The standard InChI is InChI=1S/C30H36F3IN2O3/c1-4-6-22-17-20(5-2)9-14-28(36(22)19-21-7-10-23(11-8-21)39-30(31,32)33)29(37)25(15-16-34)26-18-24(38-3)12-13-27(26)35/h5,7-8,10-13,15-16,18,20,22,28-29,35,37H,2,4,6,9,14,17,19H2,1,3H3/b16-15-,26-25+,35-27?. The van der Waals surface area contributed by atoms with Crippen LogP contribution in [0.25, 0.3) is 0 Å². The fourth-order valence-corrected chi connectivity index (χ4v) is 5.75. The van der Waals surface area contributed by atoms with Crippen molar-refractivity contribution in [2.75, 3.05) is 7.11 Å². The van der Waals surface area contributed by atoms with Crippen LogP contribution < -0.4 is 4.74 Å². The summed E-state index contributed by atoms with van der Waals surface area (Å²) >= 11 is 2.11. The molecule has 4 atom stereocenters. The van der Waals surface area contributed by atoms with E-state index in [-0.39, 0.29) is 29.5 Å². The number of rotatable bonds is 10. The van der Waals surface area contributed by atoms with Gasteiger partial charge in [-0.2, -0.15) is 0 Å². The Hall–Kier alpha value is -2.37. The molecular weight excluding hydrogens is 620 g/mol. The third-order valence-corrected chi connectivity index (χ3v) is 7.60. The van der Waals surface area contributed by atoms with Crippen molar-refractivity contribution in [3.8, 4) is 5.75 Å². The van der Waals surface area contributed by atoms with Crippen molar-refractivity contribution < 1.29 is 27.8 Å². The van der Waals surface area contributed by atoms with Crippen LogP contribution in [0.15, 0.2) is 82.2 Å². The summed E-state index contributed by atoms with van der Waals surface area (Å²) in [5, 5.41) is 20.5. The summed E-state index contributed by atoms with van der Waals surface area (Å²) in [6.45, 7) is 6.62. The first kappa shape index (κ1) is 31.2. The SMILES string of the molecule is C=CC1CCC(C(O)C(/C=C\I)=C2\C=C(OC)C=CC2=N)N(Cc2ccc(OC(F)(F)F)cc2)C(CCC)C1. The molecule has 5 nitrogen and oxygen atoms in total. The zero-order chi connectivity index (χ0) is 28.6. The molecule has 3 rings (SSSR count). The Morgan fingerprint density at radius 1 is 1.26 bits per heavy atom. The lowest BCUT2D eigenvalue weighted by atomic mass is 9.89. The van der Waals surface area contributed by atoms with Gasteiger partial charge in [0.15, 0.2) is 0 Å². The Kier molecular flexibility index (Phi) is 11.4. The quantitative estimate of drug-likeness (QED) is 0.201. The highest BCUT2D eigenvalue weighted by atomic mass is 127. The van der Waals surface area contributed by atoms with E-state index in [0.29, 0.717) is 29.9 Å². The molecule has 1 heterocycles. The fourth-order valence-electron chi connectivity index (χ4n) is 5.36. The number of aliphatic hydroxyl groups is 1. The van der Waals surface area contributed by atoms with Crippen molar-refractivity contribution in [1.29, 1.82) is 5.41 Å². The normalized spacial score (nSPS) is 24.7. The molecule has 39 heavy (non-hydrogen) atoms. The van der Waals surface area contributed by atoms with Crippen LogP contribution in [0.5, 0.6) is 5.75 Å². The number of aliphatic hydroxyl groups excluding tert-OH is 1. The minimum atomic E-state index is -4.75. The lowest BCUT2D eigenvalue weighted by molar-refractivity contribution is -0.274. The summed E-state index contributed by atoms with van der Waals surface area (Å²) in [5.74, 6) is 0.622. The van der Waals surface area contributed by atoms with E-state index in [1.165, 1.54) is 12.1 Å². The molecule has 0 aromatic heterocycles. The van der Waals surface area contributed by atoms with Crippen LogP contribution in [0.2, 0.25) is 0 Å². The number of hydrogen-bond acceptors (Lipinski definition) is 5. The van der Waals surface area contributed by atoms with E-state index >= 15 is 0 Å². The summed E-state index contributed by atoms with van der Waals surface area (Å²) in [4.78, 5) is 2.29. The maximum Gasteiger partial charge on any atom is 0.573 e. The van der Waals surface area contributed by atoms with Gasteiger partial charge < -0.3 is 20.0 Å². The van der Waals surface area contributed by atoms with Crippen LogP contribution in [0.1, 0.15) is 44.6 Å². The summed E-state index contributed by atoms with van der Waals surface area (Å²) < 4.78 is 49.3. The van der Waals surface area contributed by atoms with E-state index in [4.69, 9.17) is 10.1 Å². The average molecular weight is 657 g/mol. The molecule has 1 aromatic rings. The van der Waals surface area contributed by atoms with Gasteiger partial charge in [-0.05, 0) is 83.3 Å². The van der Waals surface area contributed by atoms with Crippen LogP contribution in [0, 0.1) is 11.3 Å². The third-order valence-electron chi connectivity index (χ3n) is 7.24. The van der Waals surface area contributed by atoms with Crippen molar-refractivity contribution in [2.24, 2.45) is 5.92 Å². The lowest BCUT2D eigenvalue weighted by Gasteiger charge is -2.40. The molecule has 1 aromatic carbocycles. The highest BCUT2D eigenvalue weighted by Crippen LogP contribution is 2.35. The topological polar surface area (TPSA) is 65.8 Å². The third kappa shape index (κ3) is 8.56. The second-order valence-electron chi connectivity index (χ2n) is 9.79. The zero-order valence-electron chi connectivity index (χ0n) is 22.3. The van der Waals surface area contributed by atoms with Crippen LogP contribution >= 0.6 is 22.6 Å². The van der Waals surface area contributed by atoms with Crippen LogP contribution in [0.3, 0.4) is 0 Å². The molecule has 0 bridgehead atoms. The first-order valence-electron chi connectivity index (χ1n) is 13.0. The molecule has 0 saturated carbocycles. The van der Waals surface area contributed by atoms with E-state index < -0.39 is 12.5 Å². The highest BCUT2D eigenvalue weighted by Gasteiger charge is 2.37. The largest absolute Gasteiger partial charge is 0.573 e. The number of likely N-dealkylation sites (tertiary alicyclic amines) is 1. The van der Waals surface area contributed by atoms with E-state index in [0.717, 1.165) is 31.2 Å². The maximum atomic E-state index is 12.7. The molecule has 0 radical (unpaired) electrons. The average Bonchev–Trinajstić information content (AvgIpc) is 3.07. The summed E-state index contributed by atoms with van der Waals surface area (Å²) in [5.41, 5.74) is 2.34. The van der Waals surface area contributed by atoms with E-state index in [9.17, 15) is 18.3 Å². The number of halogens is 4. The molecule has 1 fully saturated rings. The molecule has 4 unspecified atom stereocenters. The zero-order valence-corrected chi connectivity index (χ0v) is 24.4. The molecule has 2 aliphatic rings. The van der Waals surface area contributed by atoms with Crippen molar-refractivity contribution in [1.82, 2.24) is 4.90 Å². The molecule has 2 N–H and O–H groups in total. The van der Waals surface area contributed by atoms with Crippen molar-refractivity contribution >= 4 is 28.3 Å². The van der Waals surface area contributed by atoms with Gasteiger partial charge in [-0.3, -0.25) is 4.90 Å².